The molecule has 1 aromatic heterocycles. The number of aromatic nitrogens is 2. The first-order valence-corrected chi connectivity index (χ1v) is 11.2. The lowest BCUT2D eigenvalue weighted by atomic mass is 9.85. The number of rotatable bonds is 5. The molecule has 0 unspecified atom stereocenters. The molecule has 1 amide bonds. The largest absolute Gasteiger partial charge is 0.339 e. The third-order valence-electron chi connectivity index (χ3n) is 6.70. The van der Waals surface area contributed by atoms with Gasteiger partial charge in [-0.3, -0.25) is 9.36 Å². The molecule has 0 bridgehead atoms. The summed E-state index contributed by atoms with van der Waals surface area (Å²) < 4.78 is 1.81. The van der Waals surface area contributed by atoms with E-state index < -0.39 is 5.54 Å². The van der Waals surface area contributed by atoms with Crippen molar-refractivity contribution in [3.05, 3.63) is 64.0 Å². The van der Waals surface area contributed by atoms with Crippen LogP contribution in [0.25, 0.3) is 11.0 Å². The fourth-order valence-corrected chi connectivity index (χ4v) is 5.10. The van der Waals surface area contributed by atoms with E-state index in [1.807, 2.05) is 53.1 Å². The molecule has 2 saturated heterocycles. The monoisotopic (exact) mass is 439 g/mol. The first-order chi connectivity index (χ1) is 15.1. The van der Waals surface area contributed by atoms with Gasteiger partial charge in [-0.15, -0.1) is 0 Å². The summed E-state index contributed by atoms with van der Waals surface area (Å²) in [5.74, 6) is 0.118. The Balaban J connectivity index is 1.21. The second kappa shape index (κ2) is 8.05. The number of hydrogen-bond donors (Lipinski definition) is 2. The van der Waals surface area contributed by atoms with Crippen LogP contribution in [0.15, 0.2) is 53.3 Å². The van der Waals surface area contributed by atoms with Gasteiger partial charge < -0.3 is 20.1 Å². The lowest BCUT2D eigenvalue weighted by molar-refractivity contribution is -0.125. The Morgan fingerprint density at radius 1 is 0.968 bits per heavy atom. The summed E-state index contributed by atoms with van der Waals surface area (Å²) in [7, 11) is 0. The molecule has 7 nitrogen and oxygen atoms in total. The van der Waals surface area contributed by atoms with Crippen LogP contribution >= 0.6 is 11.6 Å². The predicted octanol–water partition coefficient (Wildman–Crippen LogP) is 2.80. The van der Waals surface area contributed by atoms with E-state index in [2.05, 4.69) is 20.1 Å². The number of aromatic amines is 1. The molecule has 2 N–H and O–H groups in total. The van der Waals surface area contributed by atoms with E-state index in [-0.39, 0.29) is 11.6 Å². The van der Waals surface area contributed by atoms with Crippen molar-refractivity contribution in [3.8, 4) is 0 Å². The molecule has 0 saturated carbocycles. The molecular weight excluding hydrogens is 414 g/mol. The molecule has 3 aromatic rings. The van der Waals surface area contributed by atoms with Gasteiger partial charge in [0, 0.05) is 30.3 Å². The summed E-state index contributed by atoms with van der Waals surface area (Å²) in [6.07, 6.45) is 2.46. The average Bonchev–Trinajstić information content (AvgIpc) is 3.27. The van der Waals surface area contributed by atoms with Crippen LogP contribution in [0.5, 0.6) is 0 Å². The number of halogens is 1. The van der Waals surface area contributed by atoms with Crippen molar-refractivity contribution in [2.75, 3.05) is 31.2 Å². The molecule has 1 spiro atoms. The van der Waals surface area contributed by atoms with Gasteiger partial charge in [-0.2, -0.15) is 0 Å². The van der Waals surface area contributed by atoms with E-state index >= 15 is 0 Å². The fraction of sp³-hybridized carbons (Fsp3) is 0.391. The summed E-state index contributed by atoms with van der Waals surface area (Å²) >= 11 is 6.04. The number of imidazole rings is 1. The van der Waals surface area contributed by atoms with E-state index in [0.29, 0.717) is 18.2 Å². The maximum absolute atomic E-state index is 12.8. The molecule has 0 aliphatic carbocycles. The summed E-state index contributed by atoms with van der Waals surface area (Å²) in [5.41, 5.74) is 2.31. The number of nitrogens with zero attached hydrogens (tertiary/aromatic N) is 3. The number of fused-ring (bicyclic) bond motifs is 1. The van der Waals surface area contributed by atoms with Crippen LogP contribution in [0.4, 0.5) is 5.69 Å². The first kappa shape index (κ1) is 20.2. The van der Waals surface area contributed by atoms with Crippen LogP contribution in [0.1, 0.15) is 19.3 Å². The molecule has 3 heterocycles. The van der Waals surface area contributed by atoms with Crippen LogP contribution in [0.2, 0.25) is 5.02 Å². The summed E-state index contributed by atoms with van der Waals surface area (Å²) in [6.45, 7) is 3.84. The highest BCUT2D eigenvalue weighted by atomic mass is 35.5. The molecule has 2 aliphatic heterocycles. The van der Waals surface area contributed by atoms with E-state index in [1.165, 1.54) is 0 Å². The Morgan fingerprint density at radius 3 is 2.48 bits per heavy atom. The Bertz CT molecular complexity index is 1140. The van der Waals surface area contributed by atoms with Crippen molar-refractivity contribution in [1.29, 1.82) is 0 Å². The topological polar surface area (TPSA) is 73.4 Å². The molecule has 31 heavy (non-hydrogen) atoms. The maximum Gasteiger partial charge on any atom is 0.326 e. The zero-order valence-electron chi connectivity index (χ0n) is 17.3. The molecule has 2 fully saturated rings. The SMILES string of the molecule is O=C1NCN(c2ccc(Cl)cc2)C12CCN(CCCn1c(=O)[nH]c3ccccc31)CC2. The second-order valence-electron chi connectivity index (χ2n) is 8.39. The highest BCUT2D eigenvalue weighted by molar-refractivity contribution is 6.30. The van der Waals surface area contributed by atoms with Crippen molar-refractivity contribution in [2.24, 2.45) is 0 Å². The number of H-pyrrole nitrogens is 1. The predicted molar refractivity (Wildman–Crippen MR) is 123 cm³/mol. The summed E-state index contributed by atoms with van der Waals surface area (Å²) in [4.78, 5) is 32.6. The number of nitrogens with one attached hydrogen (secondary N) is 2. The maximum atomic E-state index is 12.8. The van der Waals surface area contributed by atoms with Crippen molar-refractivity contribution in [2.45, 2.75) is 31.3 Å². The van der Waals surface area contributed by atoms with E-state index in [4.69, 9.17) is 11.6 Å². The number of amides is 1. The number of para-hydroxylation sites is 2. The molecule has 0 atom stereocenters. The van der Waals surface area contributed by atoms with Gasteiger partial charge in [0.25, 0.3) is 0 Å². The Kier molecular flexibility index (Phi) is 5.24. The minimum Gasteiger partial charge on any atom is -0.339 e. The van der Waals surface area contributed by atoms with Crippen LogP contribution in [-0.2, 0) is 11.3 Å². The fourth-order valence-electron chi connectivity index (χ4n) is 4.97. The number of anilines is 1. The van der Waals surface area contributed by atoms with Crippen molar-refractivity contribution in [1.82, 2.24) is 19.8 Å². The normalized spacial score (nSPS) is 18.7. The number of benzene rings is 2. The van der Waals surface area contributed by atoms with Crippen molar-refractivity contribution >= 4 is 34.2 Å². The van der Waals surface area contributed by atoms with Crippen LogP contribution in [0, 0.1) is 0 Å². The quantitative estimate of drug-likeness (QED) is 0.641. The smallest absolute Gasteiger partial charge is 0.326 e. The van der Waals surface area contributed by atoms with Crippen LogP contribution < -0.4 is 15.9 Å². The van der Waals surface area contributed by atoms with Crippen LogP contribution in [-0.4, -0.2) is 52.2 Å². The average molecular weight is 440 g/mol. The number of carbonyl (C=O) groups is 1. The van der Waals surface area contributed by atoms with E-state index in [1.54, 1.807) is 0 Å². The lowest BCUT2D eigenvalue weighted by Crippen LogP contribution is -2.56. The van der Waals surface area contributed by atoms with E-state index in [0.717, 1.165) is 55.6 Å². The summed E-state index contributed by atoms with van der Waals surface area (Å²) in [5, 5.41) is 3.73. The highest BCUT2D eigenvalue weighted by Crippen LogP contribution is 2.36. The molecular formula is C23H26ClN5O2. The molecule has 5 rings (SSSR count). The third-order valence-corrected chi connectivity index (χ3v) is 6.95. The molecule has 2 aromatic carbocycles. The Morgan fingerprint density at radius 2 is 1.71 bits per heavy atom. The minimum atomic E-state index is -0.488. The number of carbonyl (C=O) groups excluding carboxylic acids is 1. The Labute approximate surface area is 185 Å². The minimum absolute atomic E-state index is 0.0555. The van der Waals surface area contributed by atoms with Gasteiger partial charge in [-0.05, 0) is 62.2 Å². The summed E-state index contributed by atoms with van der Waals surface area (Å²) in [6, 6.07) is 15.5. The number of piperidine rings is 1. The molecule has 8 heteroatoms. The van der Waals surface area contributed by atoms with Gasteiger partial charge in [0.05, 0.1) is 17.7 Å². The van der Waals surface area contributed by atoms with Crippen LogP contribution in [0.3, 0.4) is 0 Å². The molecule has 0 radical (unpaired) electrons. The number of hydrogen-bond acceptors (Lipinski definition) is 4. The lowest BCUT2D eigenvalue weighted by Gasteiger charge is -2.43. The Hall–Kier alpha value is -2.77. The molecule has 162 valence electrons. The van der Waals surface area contributed by atoms with Crippen molar-refractivity contribution < 1.29 is 4.79 Å². The van der Waals surface area contributed by atoms with Gasteiger partial charge in [0.1, 0.15) is 5.54 Å². The van der Waals surface area contributed by atoms with Gasteiger partial charge >= 0.3 is 5.69 Å². The van der Waals surface area contributed by atoms with E-state index in [9.17, 15) is 9.59 Å². The second-order valence-corrected chi connectivity index (χ2v) is 8.83. The van der Waals surface area contributed by atoms with Gasteiger partial charge in [0.15, 0.2) is 0 Å². The number of aryl methyl sites for hydroxylation is 1. The first-order valence-electron chi connectivity index (χ1n) is 10.8. The standard InChI is InChI=1S/C23H26ClN5O2/c24-17-6-8-18(9-7-17)29-16-25-21(30)23(29)10-14-27(15-11-23)12-3-13-28-20-5-2-1-4-19(20)26-22(28)31/h1-2,4-9H,3,10-16H2,(H,25,30)(H,26,31). The van der Waals surface area contributed by atoms with Gasteiger partial charge in [-0.25, -0.2) is 4.79 Å². The van der Waals surface area contributed by atoms with Crippen molar-refractivity contribution in [3.63, 3.8) is 0 Å². The van der Waals surface area contributed by atoms with Gasteiger partial charge in [0.2, 0.25) is 5.91 Å². The number of likely N-dealkylation sites (tertiary alicyclic amines) is 1. The third kappa shape index (κ3) is 3.62. The zero-order chi connectivity index (χ0) is 21.4. The molecule has 2 aliphatic rings. The zero-order valence-corrected chi connectivity index (χ0v) is 18.1. The highest BCUT2D eigenvalue weighted by Gasteiger charge is 2.50. The van der Waals surface area contributed by atoms with Gasteiger partial charge in [-0.1, -0.05) is 23.7 Å².